The van der Waals surface area contributed by atoms with E-state index in [4.69, 9.17) is 23.2 Å². The number of amides is 1. The van der Waals surface area contributed by atoms with Crippen LogP contribution in [0.5, 0.6) is 0 Å². The zero-order chi connectivity index (χ0) is 19.2. The van der Waals surface area contributed by atoms with Crippen LogP contribution in [0.15, 0.2) is 77.7 Å². The molecule has 3 rings (SSSR count). The fourth-order valence-corrected chi connectivity index (χ4v) is 2.85. The van der Waals surface area contributed by atoms with Gasteiger partial charge in [0.25, 0.3) is 5.56 Å². The standard InChI is InChI=1S/C21H16Cl2N2O2/c22-18-5-3-4-16(21(18)23)9-12-19(26)24-17-10-7-15(8-11-17)14-25-13-2-1-6-20(25)27/h1-13H,14H2,(H,24,26). The molecule has 136 valence electrons. The Balaban J connectivity index is 1.63. The number of hydrogen-bond donors (Lipinski definition) is 1. The summed E-state index contributed by atoms with van der Waals surface area (Å²) in [6.07, 6.45) is 4.75. The quantitative estimate of drug-likeness (QED) is 0.624. The van der Waals surface area contributed by atoms with Gasteiger partial charge in [0.1, 0.15) is 0 Å². The van der Waals surface area contributed by atoms with Gasteiger partial charge in [-0.2, -0.15) is 0 Å². The van der Waals surface area contributed by atoms with Crippen LogP contribution in [0.1, 0.15) is 11.1 Å². The first-order chi connectivity index (χ1) is 13.0. The van der Waals surface area contributed by atoms with Crippen molar-refractivity contribution in [2.75, 3.05) is 5.32 Å². The minimum absolute atomic E-state index is 0.0558. The predicted octanol–water partition coefficient (Wildman–Crippen LogP) is 4.86. The Morgan fingerprint density at radius 1 is 1.00 bits per heavy atom. The van der Waals surface area contributed by atoms with Crippen molar-refractivity contribution in [3.8, 4) is 0 Å². The van der Waals surface area contributed by atoms with Crippen molar-refractivity contribution in [1.29, 1.82) is 0 Å². The average molecular weight is 399 g/mol. The lowest BCUT2D eigenvalue weighted by Crippen LogP contribution is -2.18. The molecule has 2 aromatic carbocycles. The summed E-state index contributed by atoms with van der Waals surface area (Å²) in [5.74, 6) is -0.280. The monoisotopic (exact) mass is 398 g/mol. The van der Waals surface area contributed by atoms with Crippen molar-refractivity contribution in [3.05, 3.63) is 104 Å². The van der Waals surface area contributed by atoms with E-state index in [0.29, 0.717) is 27.8 Å². The molecule has 0 atom stereocenters. The zero-order valence-corrected chi connectivity index (χ0v) is 15.7. The second-order valence-corrected chi connectivity index (χ2v) is 6.61. The Morgan fingerprint density at radius 2 is 1.78 bits per heavy atom. The first-order valence-corrected chi connectivity index (χ1v) is 8.96. The second-order valence-electron chi connectivity index (χ2n) is 5.83. The first kappa shape index (κ1) is 19.0. The van der Waals surface area contributed by atoms with E-state index in [-0.39, 0.29) is 11.5 Å². The van der Waals surface area contributed by atoms with E-state index in [9.17, 15) is 9.59 Å². The Hall–Kier alpha value is -2.82. The van der Waals surface area contributed by atoms with E-state index in [1.165, 1.54) is 12.1 Å². The van der Waals surface area contributed by atoms with Crippen LogP contribution in [0.4, 0.5) is 5.69 Å². The number of pyridine rings is 1. The molecule has 0 saturated heterocycles. The number of anilines is 1. The van der Waals surface area contributed by atoms with Crippen LogP contribution in [0, 0.1) is 0 Å². The number of rotatable bonds is 5. The Kier molecular flexibility index (Phi) is 6.12. The van der Waals surface area contributed by atoms with Gasteiger partial charge < -0.3 is 9.88 Å². The lowest BCUT2D eigenvalue weighted by Gasteiger charge is -2.07. The number of benzene rings is 2. The summed E-state index contributed by atoms with van der Waals surface area (Å²) in [4.78, 5) is 23.8. The number of carbonyl (C=O) groups excluding carboxylic acids is 1. The van der Waals surface area contributed by atoms with Gasteiger partial charge in [0.2, 0.25) is 5.91 Å². The summed E-state index contributed by atoms with van der Waals surface area (Å²) in [5.41, 5.74) is 2.23. The predicted molar refractivity (Wildman–Crippen MR) is 110 cm³/mol. The highest BCUT2D eigenvalue weighted by molar-refractivity contribution is 6.42. The van der Waals surface area contributed by atoms with Gasteiger partial charge in [0, 0.05) is 24.0 Å². The van der Waals surface area contributed by atoms with Crippen LogP contribution in [-0.4, -0.2) is 10.5 Å². The normalized spacial score (nSPS) is 10.9. The van der Waals surface area contributed by atoms with E-state index < -0.39 is 0 Å². The molecule has 3 aromatic rings. The van der Waals surface area contributed by atoms with Crippen LogP contribution in [-0.2, 0) is 11.3 Å². The second kappa shape index (κ2) is 8.71. The number of nitrogens with one attached hydrogen (secondary N) is 1. The summed E-state index contributed by atoms with van der Waals surface area (Å²) < 4.78 is 1.62. The maximum absolute atomic E-state index is 12.1. The highest BCUT2D eigenvalue weighted by Crippen LogP contribution is 2.26. The van der Waals surface area contributed by atoms with E-state index in [1.54, 1.807) is 53.2 Å². The van der Waals surface area contributed by atoms with E-state index in [2.05, 4.69) is 5.32 Å². The van der Waals surface area contributed by atoms with Gasteiger partial charge in [-0.25, -0.2) is 0 Å². The molecule has 0 spiro atoms. The minimum Gasteiger partial charge on any atom is -0.323 e. The number of nitrogens with zero attached hydrogens (tertiary/aromatic N) is 1. The van der Waals surface area contributed by atoms with Crippen LogP contribution in [0.2, 0.25) is 10.0 Å². The molecule has 6 heteroatoms. The summed E-state index contributed by atoms with van der Waals surface area (Å²) in [6.45, 7) is 0.473. The zero-order valence-electron chi connectivity index (χ0n) is 14.2. The molecule has 0 bridgehead atoms. The third-order valence-electron chi connectivity index (χ3n) is 3.87. The Morgan fingerprint density at radius 3 is 2.52 bits per heavy atom. The highest BCUT2D eigenvalue weighted by atomic mass is 35.5. The summed E-state index contributed by atoms with van der Waals surface area (Å²) in [5, 5.41) is 3.62. The van der Waals surface area contributed by atoms with Crippen LogP contribution < -0.4 is 10.9 Å². The van der Waals surface area contributed by atoms with Crippen LogP contribution in [0.3, 0.4) is 0 Å². The van der Waals surface area contributed by atoms with Crippen molar-refractivity contribution >= 4 is 40.9 Å². The molecule has 1 amide bonds. The highest BCUT2D eigenvalue weighted by Gasteiger charge is 2.03. The molecule has 4 nitrogen and oxygen atoms in total. The smallest absolute Gasteiger partial charge is 0.250 e. The summed E-state index contributed by atoms with van der Waals surface area (Å²) in [7, 11) is 0. The van der Waals surface area contributed by atoms with E-state index in [0.717, 1.165) is 5.56 Å². The molecular formula is C21H16Cl2N2O2. The van der Waals surface area contributed by atoms with Crippen molar-refractivity contribution in [2.45, 2.75) is 6.54 Å². The third kappa shape index (κ3) is 5.09. The average Bonchev–Trinajstić information content (AvgIpc) is 2.66. The van der Waals surface area contributed by atoms with Gasteiger partial charge in [-0.1, -0.05) is 53.5 Å². The van der Waals surface area contributed by atoms with Crippen molar-refractivity contribution in [2.24, 2.45) is 0 Å². The fraction of sp³-hybridized carbons (Fsp3) is 0.0476. The molecule has 0 saturated carbocycles. The molecule has 1 aromatic heterocycles. The van der Waals surface area contributed by atoms with Crippen LogP contribution in [0.25, 0.3) is 6.08 Å². The molecule has 0 aliphatic rings. The molecule has 0 fully saturated rings. The fourth-order valence-electron chi connectivity index (χ4n) is 2.48. The van der Waals surface area contributed by atoms with E-state index >= 15 is 0 Å². The largest absolute Gasteiger partial charge is 0.323 e. The molecule has 1 heterocycles. The molecule has 27 heavy (non-hydrogen) atoms. The molecule has 0 aliphatic heterocycles. The topological polar surface area (TPSA) is 51.1 Å². The third-order valence-corrected chi connectivity index (χ3v) is 4.70. The maximum Gasteiger partial charge on any atom is 0.250 e. The number of halogens is 2. The molecule has 0 radical (unpaired) electrons. The Labute approximate surface area is 166 Å². The first-order valence-electron chi connectivity index (χ1n) is 8.20. The molecule has 0 unspecified atom stereocenters. The van der Waals surface area contributed by atoms with Crippen molar-refractivity contribution < 1.29 is 4.79 Å². The minimum atomic E-state index is -0.280. The number of hydrogen-bond acceptors (Lipinski definition) is 2. The maximum atomic E-state index is 12.1. The summed E-state index contributed by atoms with van der Waals surface area (Å²) in [6, 6.07) is 17.6. The number of aromatic nitrogens is 1. The molecule has 0 aliphatic carbocycles. The van der Waals surface area contributed by atoms with Gasteiger partial charge in [-0.15, -0.1) is 0 Å². The van der Waals surface area contributed by atoms with E-state index in [1.807, 2.05) is 18.2 Å². The van der Waals surface area contributed by atoms with Gasteiger partial charge in [0.05, 0.1) is 16.6 Å². The van der Waals surface area contributed by atoms with Gasteiger partial charge in [-0.05, 0) is 41.5 Å². The van der Waals surface area contributed by atoms with Crippen LogP contribution >= 0.6 is 23.2 Å². The molecule has 1 N–H and O–H groups in total. The Bertz CT molecular complexity index is 1040. The number of carbonyl (C=O) groups is 1. The van der Waals surface area contributed by atoms with Gasteiger partial charge >= 0.3 is 0 Å². The van der Waals surface area contributed by atoms with Crippen molar-refractivity contribution in [3.63, 3.8) is 0 Å². The lowest BCUT2D eigenvalue weighted by molar-refractivity contribution is -0.111. The molecular weight excluding hydrogens is 383 g/mol. The lowest BCUT2D eigenvalue weighted by atomic mass is 10.2. The van der Waals surface area contributed by atoms with Gasteiger partial charge in [-0.3, -0.25) is 9.59 Å². The summed E-state index contributed by atoms with van der Waals surface area (Å²) >= 11 is 12.0. The SMILES string of the molecule is O=C(C=Cc1cccc(Cl)c1Cl)Nc1ccc(Cn2ccccc2=O)cc1. The van der Waals surface area contributed by atoms with Gasteiger partial charge in [0.15, 0.2) is 0 Å². The van der Waals surface area contributed by atoms with Crippen molar-refractivity contribution in [1.82, 2.24) is 4.57 Å².